The van der Waals surface area contributed by atoms with Gasteiger partial charge in [-0.2, -0.15) is 0 Å². The maximum absolute atomic E-state index is 12.4. The van der Waals surface area contributed by atoms with Gasteiger partial charge in [0.1, 0.15) is 5.69 Å². The van der Waals surface area contributed by atoms with Crippen LogP contribution in [0.3, 0.4) is 0 Å². The summed E-state index contributed by atoms with van der Waals surface area (Å²) in [5.74, 6) is -1.00. The van der Waals surface area contributed by atoms with Crippen molar-refractivity contribution in [3.05, 3.63) is 52.6 Å². The van der Waals surface area contributed by atoms with Crippen molar-refractivity contribution in [2.75, 3.05) is 18.1 Å². The molecule has 148 valence electrons. The molecule has 3 N–H and O–H groups in total. The van der Waals surface area contributed by atoms with Gasteiger partial charge >= 0.3 is 0 Å². The van der Waals surface area contributed by atoms with Crippen LogP contribution in [0.15, 0.2) is 30.6 Å². The first-order chi connectivity index (χ1) is 13.0. The van der Waals surface area contributed by atoms with Crippen LogP contribution in [0.1, 0.15) is 28.7 Å². The molecule has 0 unspecified atom stereocenters. The average molecular weight is 423 g/mol. The van der Waals surface area contributed by atoms with Crippen molar-refractivity contribution in [3.8, 4) is 0 Å². The van der Waals surface area contributed by atoms with E-state index in [0.717, 1.165) is 4.31 Å². The minimum absolute atomic E-state index is 0.148. The highest BCUT2D eigenvalue weighted by molar-refractivity contribution is 7.89. The van der Waals surface area contributed by atoms with Gasteiger partial charge in [-0.25, -0.2) is 17.7 Å². The van der Waals surface area contributed by atoms with Crippen LogP contribution in [0.5, 0.6) is 0 Å². The highest BCUT2D eigenvalue weighted by Gasteiger charge is 2.43. The van der Waals surface area contributed by atoms with E-state index in [-0.39, 0.29) is 17.4 Å². The second-order valence-corrected chi connectivity index (χ2v) is 9.13. The van der Waals surface area contributed by atoms with Crippen LogP contribution in [-0.2, 0) is 15.6 Å². The molecule has 11 heteroatoms. The lowest BCUT2D eigenvalue weighted by molar-refractivity contribution is 0.102. The number of sulfonamides is 1. The Morgan fingerprint density at radius 3 is 2.68 bits per heavy atom. The van der Waals surface area contributed by atoms with E-state index in [9.17, 15) is 13.2 Å². The number of nitrogens with one attached hydrogen (secondary N) is 3. The molecule has 9 nitrogen and oxygen atoms in total. The van der Waals surface area contributed by atoms with E-state index in [1.54, 1.807) is 32.0 Å². The summed E-state index contributed by atoms with van der Waals surface area (Å²) >= 11 is 6.31. The Hall–Kier alpha value is -2.72. The average Bonchev–Trinajstić information content (AvgIpc) is 2.61. The highest BCUT2D eigenvalue weighted by Crippen LogP contribution is 2.34. The fourth-order valence-corrected chi connectivity index (χ4v) is 4.65. The van der Waals surface area contributed by atoms with Gasteiger partial charge in [-0.15, -0.1) is 0 Å². The van der Waals surface area contributed by atoms with Crippen LogP contribution in [0.4, 0.5) is 5.69 Å². The van der Waals surface area contributed by atoms with Gasteiger partial charge in [0, 0.05) is 24.0 Å². The highest BCUT2D eigenvalue weighted by atomic mass is 35.5. The van der Waals surface area contributed by atoms with Crippen molar-refractivity contribution in [1.29, 1.82) is 5.41 Å². The molecule has 1 aromatic carbocycles. The van der Waals surface area contributed by atoms with Crippen LogP contribution in [0, 0.1) is 12.3 Å². The Balaban J connectivity index is 1.92. The fourth-order valence-electron chi connectivity index (χ4n) is 2.85. The second-order valence-electron chi connectivity index (χ2n) is 6.72. The number of benzene rings is 1. The van der Waals surface area contributed by atoms with E-state index in [1.807, 2.05) is 0 Å². The quantitative estimate of drug-likeness (QED) is 0.690. The molecule has 0 aliphatic carbocycles. The summed E-state index contributed by atoms with van der Waals surface area (Å²) in [5.41, 5.74) is 0.565. The number of nitrogens with zero attached hydrogens (tertiary/aromatic N) is 3. The minimum Gasteiger partial charge on any atom is -0.345 e. The second kappa shape index (κ2) is 7.02. The summed E-state index contributed by atoms with van der Waals surface area (Å²) in [6.45, 7) is 3.41. The van der Waals surface area contributed by atoms with Gasteiger partial charge in [0.25, 0.3) is 5.91 Å². The first-order valence-electron chi connectivity index (χ1n) is 8.25. The van der Waals surface area contributed by atoms with Crippen LogP contribution in [-0.4, -0.2) is 47.4 Å². The zero-order chi connectivity index (χ0) is 20.7. The predicted molar refractivity (Wildman–Crippen MR) is 106 cm³/mol. The van der Waals surface area contributed by atoms with Gasteiger partial charge in [0.2, 0.25) is 16.0 Å². The van der Waals surface area contributed by atoms with Crippen LogP contribution >= 0.6 is 11.6 Å². The van der Waals surface area contributed by atoms with Crippen molar-refractivity contribution >= 4 is 39.2 Å². The number of guanidine groups is 1. The number of hydrogen-bond donors (Lipinski definition) is 3. The monoisotopic (exact) mass is 422 g/mol. The van der Waals surface area contributed by atoms with Crippen molar-refractivity contribution in [3.63, 3.8) is 0 Å². The van der Waals surface area contributed by atoms with Gasteiger partial charge in [-0.3, -0.25) is 15.2 Å². The Morgan fingerprint density at radius 2 is 2.07 bits per heavy atom. The third-order valence-electron chi connectivity index (χ3n) is 4.43. The van der Waals surface area contributed by atoms with E-state index in [1.165, 1.54) is 19.4 Å². The molecule has 1 aliphatic rings. The van der Waals surface area contributed by atoms with Crippen LogP contribution in [0.25, 0.3) is 0 Å². The molecule has 2 heterocycles. The molecule has 1 aromatic heterocycles. The normalized spacial score (nSPS) is 21.1. The van der Waals surface area contributed by atoms with E-state index in [0.29, 0.717) is 22.0 Å². The van der Waals surface area contributed by atoms with E-state index in [4.69, 9.17) is 17.0 Å². The number of carbonyl (C=O) groups excluding carboxylic acids is 1. The third-order valence-corrected chi connectivity index (χ3v) is 6.72. The SMILES string of the molecule is Cc1cnc(C(=O)Nc2ccc(Cl)c([C@]3(C)CS(=O)(=O)N(C)C(=N)N3)c2)cn1. The first-order valence-corrected chi connectivity index (χ1v) is 10.2. The summed E-state index contributed by atoms with van der Waals surface area (Å²) in [6, 6.07) is 4.75. The van der Waals surface area contributed by atoms with Crippen molar-refractivity contribution in [1.82, 2.24) is 19.6 Å². The predicted octanol–water partition coefficient (Wildman–Crippen LogP) is 1.71. The molecule has 28 heavy (non-hydrogen) atoms. The third kappa shape index (κ3) is 3.78. The summed E-state index contributed by atoms with van der Waals surface area (Å²) in [5, 5.41) is 13.8. The molecule has 0 spiro atoms. The van der Waals surface area contributed by atoms with Gasteiger partial charge in [0.15, 0.2) is 0 Å². The topological polar surface area (TPSA) is 128 Å². The van der Waals surface area contributed by atoms with E-state index >= 15 is 0 Å². The zero-order valence-corrected chi connectivity index (χ0v) is 17.0. The lowest BCUT2D eigenvalue weighted by Gasteiger charge is -2.40. The standard InChI is InChI=1S/C17H19ClN6O3S/c1-10-7-21-14(8-20-10)15(25)22-11-4-5-13(18)12(6-11)17(2)9-28(26,27)24(3)16(19)23-17/h4-8H,9H2,1-3H3,(H2,19,23)(H,22,25)/t17-/m0/s1. The van der Waals surface area contributed by atoms with E-state index in [2.05, 4.69) is 20.6 Å². The maximum atomic E-state index is 12.4. The molecule has 1 aliphatic heterocycles. The molecule has 1 atom stereocenters. The van der Waals surface area contributed by atoms with Gasteiger partial charge < -0.3 is 10.6 Å². The van der Waals surface area contributed by atoms with Crippen molar-refractivity contribution in [2.45, 2.75) is 19.4 Å². The smallest absolute Gasteiger partial charge is 0.275 e. The maximum Gasteiger partial charge on any atom is 0.275 e. The molecule has 1 fully saturated rings. The number of halogens is 1. The number of amides is 1. The number of aryl methyl sites for hydroxylation is 1. The summed E-state index contributed by atoms with van der Waals surface area (Å²) < 4.78 is 25.6. The van der Waals surface area contributed by atoms with Crippen LogP contribution < -0.4 is 10.6 Å². The first kappa shape index (κ1) is 20.0. The molecule has 1 amide bonds. The Bertz CT molecular complexity index is 1060. The lowest BCUT2D eigenvalue weighted by Crippen LogP contribution is -2.60. The number of anilines is 1. The largest absolute Gasteiger partial charge is 0.345 e. The van der Waals surface area contributed by atoms with E-state index < -0.39 is 21.5 Å². The van der Waals surface area contributed by atoms with Crippen molar-refractivity contribution in [2.24, 2.45) is 0 Å². The Labute approximate surface area is 167 Å². The number of hydrogen-bond acceptors (Lipinski definition) is 6. The lowest BCUT2D eigenvalue weighted by atomic mass is 9.93. The molecule has 0 bridgehead atoms. The zero-order valence-electron chi connectivity index (χ0n) is 15.4. The summed E-state index contributed by atoms with van der Waals surface area (Å²) in [6.07, 6.45) is 2.86. The van der Waals surface area contributed by atoms with Gasteiger partial charge in [-0.05, 0) is 37.6 Å². The summed E-state index contributed by atoms with van der Waals surface area (Å²) in [4.78, 5) is 20.4. The van der Waals surface area contributed by atoms with Crippen LogP contribution in [0.2, 0.25) is 5.02 Å². The fraction of sp³-hybridized carbons (Fsp3) is 0.294. The molecule has 0 radical (unpaired) electrons. The number of aromatic nitrogens is 2. The van der Waals surface area contributed by atoms with Crippen molar-refractivity contribution < 1.29 is 13.2 Å². The molecular weight excluding hydrogens is 404 g/mol. The van der Waals surface area contributed by atoms with Gasteiger partial charge in [0.05, 0.1) is 23.2 Å². The molecular formula is C17H19ClN6O3S. The van der Waals surface area contributed by atoms with Gasteiger partial charge in [-0.1, -0.05) is 11.6 Å². The number of carbonyl (C=O) groups is 1. The molecule has 3 rings (SSSR count). The Kier molecular flexibility index (Phi) is 5.02. The number of rotatable bonds is 3. The summed E-state index contributed by atoms with van der Waals surface area (Å²) in [7, 11) is -2.37. The Morgan fingerprint density at radius 1 is 1.36 bits per heavy atom. The minimum atomic E-state index is -3.68. The molecule has 1 saturated heterocycles. The molecule has 0 saturated carbocycles. The molecule has 2 aromatic rings.